The Morgan fingerprint density at radius 3 is 2.64 bits per heavy atom. The first kappa shape index (κ1) is 20.2. The van der Waals surface area contributed by atoms with Crippen LogP contribution < -0.4 is 5.32 Å². The van der Waals surface area contributed by atoms with Crippen molar-refractivity contribution in [3.05, 3.63) is 54.0 Å². The third-order valence-electron chi connectivity index (χ3n) is 4.87. The van der Waals surface area contributed by atoms with Crippen LogP contribution in [0, 0.1) is 6.92 Å². The van der Waals surface area contributed by atoms with Crippen molar-refractivity contribution in [2.75, 3.05) is 6.54 Å². The molecule has 0 saturated heterocycles. The van der Waals surface area contributed by atoms with E-state index < -0.39 is 0 Å². The first-order chi connectivity index (χ1) is 13.5. The van der Waals surface area contributed by atoms with Crippen molar-refractivity contribution in [1.29, 1.82) is 0 Å². The van der Waals surface area contributed by atoms with Gasteiger partial charge in [0, 0.05) is 19.5 Å². The summed E-state index contributed by atoms with van der Waals surface area (Å²) in [6, 6.07) is 12.2. The van der Waals surface area contributed by atoms with E-state index in [0.717, 1.165) is 23.6 Å². The molecule has 0 radical (unpaired) electrons. The van der Waals surface area contributed by atoms with Gasteiger partial charge in [0.1, 0.15) is 5.76 Å². The van der Waals surface area contributed by atoms with E-state index in [1.807, 2.05) is 49.7 Å². The SMILES string of the molecule is CC[C@H](CNC(=O)[C@H](C)Sc1nnc(-c2ccoc2C)n1C)c1ccccc1. The molecule has 0 saturated carbocycles. The third kappa shape index (κ3) is 4.47. The Kier molecular flexibility index (Phi) is 6.57. The van der Waals surface area contributed by atoms with Crippen molar-refractivity contribution >= 4 is 17.7 Å². The second-order valence-corrected chi connectivity index (χ2v) is 8.08. The summed E-state index contributed by atoms with van der Waals surface area (Å²) < 4.78 is 7.25. The molecule has 0 fully saturated rings. The fourth-order valence-corrected chi connectivity index (χ4v) is 3.91. The van der Waals surface area contributed by atoms with Crippen molar-refractivity contribution in [2.45, 2.75) is 43.5 Å². The van der Waals surface area contributed by atoms with E-state index >= 15 is 0 Å². The highest BCUT2D eigenvalue weighted by molar-refractivity contribution is 8.00. The molecular weight excluding hydrogens is 372 g/mol. The predicted octanol–water partition coefficient (Wildman–Crippen LogP) is 4.17. The molecule has 2 heterocycles. The summed E-state index contributed by atoms with van der Waals surface area (Å²) in [7, 11) is 1.90. The molecule has 0 spiro atoms. The normalized spacial score (nSPS) is 13.3. The Bertz CT molecular complexity index is 920. The van der Waals surface area contributed by atoms with Crippen LogP contribution in [0.1, 0.15) is 37.5 Å². The molecule has 0 aliphatic rings. The lowest BCUT2D eigenvalue weighted by molar-refractivity contribution is -0.120. The number of hydrogen-bond donors (Lipinski definition) is 1. The van der Waals surface area contributed by atoms with Gasteiger partial charge in [-0.1, -0.05) is 49.0 Å². The van der Waals surface area contributed by atoms with Gasteiger partial charge in [0.2, 0.25) is 5.91 Å². The van der Waals surface area contributed by atoms with Gasteiger partial charge in [-0.25, -0.2) is 0 Å². The van der Waals surface area contributed by atoms with Gasteiger partial charge in [0.05, 0.1) is 17.1 Å². The second-order valence-electron chi connectivity index (χ2n) is 6.78. The number of carbonyl (C=O) groups is 1. The summed E-state index contributed by atoms with van der Waals surface area (Å²) >= 11 is 1.40. The maximum absolute atomic E-state index is 12.6. The van der Waals surface area contributed by atoms with Crippen LogP contribution in [0.5, 0.6) is 0 Å². The molecule has 0 unspecified atom stereocenters. The number of nitrogens with one attached hydrogen (secondary N) is 1. The topological polar surface area (TPSA) is 73.0 Å². The molecule has 1 N–H and O–H groups in total. The summed E-state index contributed by atoms with van der Waals surface area (Å²) in [4.78, 5) is 12.6. The standard InChI is InChI=1S/C21H26N4O2S/c1-5-16(17-9-7-6-8-10-17)13-22-20(26)15(3)28-21-24-23-19(25(21)4)18-11-12-27-14(18)2/h6-12,15-16H,5,13H2,1-4H3,(H,22,26)/t15-,16+/m0/s1. The summed E-state index contributed by atoms with van der Waals surface area (Å²) in [5.74, 6) is 1.84. The molecule has 0 aliphatic carbocycles. The molecule has 28 heavy (non-hydrogen) atoms. The van der Waals surface area contributed by atoms with Crippen molar-refractivity contribution in [1.82, 2.24) is 20.1 Å². The predicted molar refractivity (Wildman–Crippen MR) is 111 cm³/mol. The fourth-order valence-electron chi connectivity index (χ4n) is 3.07. The smallest absolute Gasteiger partial charge is 0.233 e. The quantitative estimate of drug-likeness (QED) is 0.577. The van der Waals surface area contributed by atoms with E-state index in [0.29, 0.717) is 17.6 Å². The lowest BCUT2D eigenvalue weighted by atomic mass is 9.96. The van der Waals surface area contributed by atoms with Gasteiger partial charge < -0.3 is 14.3 Å². The van der Waals surface area contributed by atoms with Gasteiger partial charge in [-0.3, -0.25) is 4.79 Å². The Morgan fingerprint density at radius 1 is 1.25 bits per heavy atom. The van der Waals surface area contributed by atoms with Crippen LogP contribution in [0.2, 0.25) is 0 Å². The van der Waals surface area contributed by atoms with Crippen LogP contribution in [0.4, 0.5) is 0 Å². The van der Waals surface area contributed by atoms with E-state index in [2.05, 4.69) is 34.6 Å². The average molecular weight is 399 g/mol. The van der Waals surface area contributed by atoms with E-state index in [1.165, 1.54) is 17.3 Å². The van der Waals surface area contributed by atoms with Gasteiger partial charge in [-0.15, -0.1) is 10.2 Å². The first-order valence-corrected chi connectivity index (χ1v) is 10.3. The molecule has 0 aliphatic heterocycles. The zero-order valence-corrected chi connectivity index (χ0v) is 17.5. The van der Waals surface area contributed by atoms with Gasteiger partial charge in [0.25, 0.3) is 0 Å². The molecule has 148 valence electrons. The monoisotopic (exact) mass is 398 g/mol. The maximum atomic E-state index is 12.6. The average Bonchev–Trinajstić information content (AvgIpc) is 3.28. The number of aryl methyl sites for hydroxylation is 1. The van der Waals surface area contributed by atoms with Gasteiger partial charge in [-0.2, -0.15) is 0 Å². The number of nitrogens with zero attached hydrogens (tertiary/aromatic N) is 3. The van der Waals surface area contributed by atoms with Crippen LogP contribution in [0.3, 0.4) is 0 Å². The summed E-state index contributed by atoms with van der Waals surface area (Å²) in [5, 5.41) is 12.0. The zero-order valence-electron chi connectivity index (χ0n) is 16.7. The number of carbonyl (C=O) groups excluding carboxylic acids is 1. The largest absolute Gasteiger partial charge is 0.469 e. The Hall–Kier alpha value is -2.54. The molecule has 7 heteroatoms. The van der Waals surface area contributed by atoms with E-state index in [1.54, 1.807) is 6.26 Å². The highest BCUT2D eigenvalue weighted by Crippen LogP contribution is 2.28. The van der Waals surface area contributed by atoms with E-state index in [9.17, 15) is 4.79 Å². The molecule has 2 atom stereocenters. The number of hydrogen-bond acceptors (Lipinski definition) is 5. The summed E-state index contributed by atoms with van der Waals surface area (Å²) in [5.41, 5.74) is 2.16. The maximum Gasteiger partial charge on any atom is 0.233 e. The van der Waals surface area contributed by atoms with Crippen LogP contribution in [0.25, 0.3) is 11.4 Å². The van der Waals surface area contributed by atoms with Crippen molar-refractivity contribution in [3.8, 4) is 11.4 Å². The van der Waals surface area contributed by atoms with E-state index in [4.69, 9.17) is 4.42 Å². The Morgan fingerprint density at radius 2 is 2.00 bits per heavy atom. The fraction of sp³-hybridized carbons (Fsp3) is 0.381. The highest BCUT2D eigenvalue weighted by atomic mass is 32.2. The molecule has 6 nitrogen and oxygen atoms in total. The molecular formula is C21H26N4O2S. The van der Waals surface area contributed by atoms with E-state index in [-0.39, 0.29) is 11.2 Å². The third-order valence-corrected chi connectivity index (χ3v) is 6.01. The number of thioether (sulfide) groups is 1. The summed E-state index contributed by atoms with van der Waals surface area (Å²) in [6.07, 6.45) is 2.61. The number of benzene rings is 1. The minimum atomic E-state index is -0.269. The van der Waals surface area contributed by atoms with Crippen LogP contribution in [-0.4, -0.2) is 32.5 Å². The minimum absolute atomic E-state index is 0.00317. The van der Waals surface area contributed by atoms with Crippen LogP contribution in [-0.2, 0) is 11.8 Å². The summed E-state index contributed by atoms with van der Waals surface area (Å²) in [6.45, 7) is 6.55. The van der Waals surface area contributed by atoms with Crippen LogP contribution in [0.15, 0.2) is 52.2 Å². The molecule has 0 bridgehead atoms. The Labute approximate surface area is 169 Å². The number of rotatable bonds is 8. The zero-order chi connectivity index (χ0) is 20.1. The Balaban J connectivity index is 1.60. The van der Waals surface area contributed by atoms with Gasteiger partial charge in [0.15, 0.2) is 11.0 Å². The first-order valence-electron chi connectivity index (χ1n) is 9.44. The number of aromatic nitrogens is 3. The van der Waals surface area contributed by atoms with Crippen LogP contribution >= 0.6 is 11.8 Å². The molecule has 1 amide bonds. The molecule has 2 aromatic heterocycles. The highest BCUT2D eigenvalue weighted by Gasteiger charge is 2.21. The minimum Gasteiger partial charge on any atom is -0.469 e. The number of amides is 1. The number of furan rings is 1. The van der Waals surface area contributed by atoms with Crippen molar-refractivity contribution in [2.24, 2.45) is 7.05 Å². The van der Waals surface area contributed by atoms with Gasteiger partial charge in [-0.05, 0) is 31.9 Å². The molecule has 1 aromatic carbocycles. The second kappa shape index (κ2) is 9.10. The van der Waals surface area contributed by atoms with Crippen molar-refractivity contribution < 1.29 is 9.21 Å². The van der Waals surface area contributed by atoms with Gasteiger partial charge >= 0.3 is 0 Å². The lowest BCUT2D eigenvalue weighted by Gasteiger charge is -2.18. The molecule has 3 rings (SSSR count). The lowest BCUT2D eigenvalue weighted by Crippen LogP contribution is -2.34. The van der Waals surface area contributed by atoms with Crippen molar-refractivity contribution in [3.63, 3.8) is 0 Å². The molecule has 3 aromatic rings.